The SMILES string of the molecule is Cc1nc(NC(=O)NCCOCC2CC2)sc1-c1ccc2nccn2c1. The highest BCUT2D eigenvalue weighted by atomic mass is 32.1. The summed E-state index contributed by atoms with van der Waals surface area (Å²) in [5.74, 6) is 0.738. The van der Waals surface area contributed by atoms with Crippen LogP contribution in [-0.2, 0) is 4.74 Å². The molecule has 1 fully saturated rings. The molecule has 0 unspecified atom stereocenters. The molecule has 1 saturated carbocycles. The van der Waals surface area contributed by atoms with Crippen molar-refractivity contribution in [1.29, 1.82) is 0 Å². The lowest BCUT2D eigenvalue weighted by Crippen LogP contribution is -2.31. The van der Waals surface area contributed by atoms with Crippen molar-refractivity contribution >= 4 is 28.1 Å². The van der Waals surface area contributed by atoms with Crippen molar-refractivity contribution in [3.63, 3.8) is 0 Å². The quantitative estimate of drug-likeness (QED) is 0.625. The Bertz CT molecular complexity index is 915. The first-order valence-corrected chi connectivity index (χ1v) is 9.54. The summed E-state index contributed by atoms with van der Waals surface area (Å²) in [5, 5.41) is 6.18. The molecule has 4 rings (SSSR count). The Morgan fingerprint density at radius 1 is 1.42 bits per heavy atom. The van der Waals surface area contributed by atoms with E-state index in [9.17, 15) is 4.79 Å². The number of thiazole rings is 1. The number of pyridine rings is 1. The number of carbonyl (C=O) groups is 1. The topological polar surface area (TPSA) is 80.5 Å². The van der Waals surface area contributed by atoms with Crippen molar-refractivity contribution in [3.8, 4) is 10.4 Å². The molecule has 26 heavy (non-hydrogen) atoms. The minimum atomic E-state index is -0.259. The fourth-order valence-electron chi connectivity index (χ4n) is 2.68. The Balaban J connectivity index is 1.34. The van der Waals surface area contributed by atoms with Crippen molar-refractivity contribution in [1.82, 2.24) is 19.7 Å². The number of imidazole rings is 1. The van der Waals surface area contributed by atoms with E-state index in [-0.39, 0.29) is 6.03 Å². The lowest BCUT2D eigenvalue weighted by molar-refractivity contribution is 0.127. The number of aromatic nitrogens is 3. The number of nitrogens with one attached hydrogen (secondary N) is 2. The molecule has 0 aliphatic heterocycles. The van der Waals surface area contributed by atoms with Crippen LogP contribution >= 0.6 is 11.3 Å². The molecule has 1 aliphatic carbocycles. The first kappa shape index (κ1) is 17.0. The zero-order valence-corrected chi connectivity index (χ0v) is 15.4. The van der Waals surface area contributed by atoms with E-state index in [1.165, 1.54) is 24.2 Å². The number of anilines is 1. The van der Waals surface area contributed by atoms with Gasteiger partial charge < -0.3 is 14.5 Å². The third-order valence-electron chi connectivity index (χ3n) is 4.25. The molecule has 0 aromatic carbocycles. The van der Waals surface area contributed by atoms with E-state index in [4.69, 9.17) is 4.74 Å². The van der Waals surface area contributed by atoms with Gasteiger partial charge in [-0.15, -0.1) is 0 Å². The van der Waals surface area contributed by atoms with Gasteiger partial charge in [-0.2, -0.15) is 0 Å². The molecule has 0 atom stereocenters. The molecule has 0 bridgehead atoms. The molecule has 0 radical (unpaired) electrons. The number of hydrogen-bond donors (Lipinski definition) is 2. The summed E-state index contributed by atoms with van der Waals surface area (Å²) >= 11 is 1.46. The molecule has 7 nitrogen and oxygen atoms in total. The third-order valence-corrected chi connectivity index (χ3v) is 5.37. The van der Waals surface area contributed by atoms with Gasteiger partial charge in [0.1, 0.15) is 5.65 Å². The first-order chi connectivity index (χ1) is 12.7. The zero-order valence-electron chi connectivity index (χ0n) is 14.6. The van der Waals surface area contributed by atoms with Crippen molar-refractivity contribution in [3.05, 3.63) is 36.4 Å². The maximum atomic E-state index is 12.0. The predicted octanol–water partition coefficient (Wildman–Crippen LogP) is 3.31. The number of ether oxygens (including phenoxy) is 1. The normalized spacial score (nSPS) is 13.9. The van der Waals surface area contributed by atoms with Gasteiger partial charge in [0.05, 0.1) is 17.2 Å². The maximum absolute atomic E-state index is 12.0. The van der Waals surface area contributed by atoms with Crippen LogP contribution in [0.5, 0.6) is 0 Å². The summed E-state index contributed by atoms with van der Waals surface area (Å²) in [6, 6.07) is 3.73. The number of carbonyl (C=O) groups excluding carboxylic acids is 1. The summed E-state index contributed by atoms with van der Waals surface area (Å²) in [7, 11) is 0. The zero-order chi connectivity index (χ0) is 17.9. The van der Waals surface area contributed by atoms with E-state index in [1.807, 2.05) is 35.9 Å². The van der Waals surface area contributed by atoms with E-state index in [2.05, 4.69) is 20.6 Å². The number of nitrogens with zero attached hydrogens (tertiary/aromatic N) is 3. The van der Waals surface area contributed by atoms with Gasteiger partial charge >= 0.3 is 6.03 Å². The smallest absolute Gasteiger partial charge is 0.321 e. The van der Waals surface area contributed by atoms with Gasteiger partial charge in [0.2, 0.25) is 0 Å². The van der Waals surface area contributed by atoms with Crippen LogP contribution in [0.25, 0.3) is 16.1 Å². The van der Waals surface area contributed by atoms with E-state index in [1.54, 1.807) is 6.20 Å². The number of fused-ring (bicyclic) bond motifs is 1. The van der Waals surface area contributed by atoms with Gasteiger partial charge in [-0.25, -0.2) is 14.8 Å². The lowest BCUT2D eigenvalue weighted by atomic mass is 10.2. The molecule has 3 aromatic rings. The van der Waals surface area contributed by atoms with Crippen molar-refractivity contribution < 1.29 is 9.53 Å². The summed E-state index contributed by atoms with van der Waals surface area (Å²) in [5.41, 5.74) is 2.84. The highest BCUT2D eigenvalue weighted by Gasteiger charge is 2.20. The molecular weight excluding hydrogens is 350 g/mol. The highest BCUT2D eigenvalue weighted by Crippen LogP contribution is 2.32. The van der Waals surface area contributed by atoms with Gasteiger partial charge in [0, 0.05) is 37.3 Å². The summed E-state index contributed by atoms with van der Waals surface area (Å²) in [6.07, 6.45) is 8.24. The van der Waals surface area contributed by atoms with Crippen LogP contribution in [-0.4, -0.2) is 40.2 Å². The summed E-state index contributed by atoms with van der Waals surface area (Å²) in [6.45, 7) is 3.78. The molecule has 0 spiro atoms. The van der Waals surface area contributed by atoms with Crippen molar-refractivity contribution in [2.45, 2.75) is 19.8 Å². The maximum Gasteiger partial charge on any atom is 0.321 e. The van der Waals surface area contributed by atoms with Crippen LogP contribution in [0, 0.1) is 12.8 Å². The minimum absolute atomic E-state index is 0.259. The molecule has 1 aliphatic rings. The Morgan fingerprint density at radius 3 is 3.15 bits per heavy atom. The monoisotopic (exact) mass is 371 g/mol. The van der Waals surface area contributed by atoms with Crippen LogP contribution in [0.4, 0.5) is 9.93 Å². The van der Waals surface area contributed by atoms with Crippen LogP contribution < -0.4 is 10.6 Å². The third kappa shape index (κ3) is 4.03. The van der Waals surface area contributed by atoms with Gasteiger partial charge in [-0.05, 0) is 37.8 Å². The van der Waals surface area contributed by atoms with Crippen molar-refractivity contribution in [2.24, 2.45) is 5.92 Å². The Morgan fingerprint density at radius 2 is 2.31 bits per heavy atom. The van der Waals surface area contributed by atoms with Gasteiger partial charge in [0.15, 0.2) is 5.13 Å². The number of aryl methyl sites for hydroxylation is 1. The number of hydrogen-bond acceptors (Lipinski definition) is 5. The Labute approximate surface area is 155 Å². The molecule has 2 amide bonds. The van der Waals surface area contributed by atoms with Crippen molar-refractivity contribution in [2.75, 3.05) is 25.1 Å². The Hall–Kier alpha value is -2.45. The Kier molecular flexibility index (Phi) is 4.85. The molecule has 136 valence electrons. The molecule has 3 aromatic heterocycles. The molecular formula is C18H21N5O2S. The second-order valence-electron chi connectivity index (χ2n) is 6.44. The number of amides is 2. The number of rotatable bonds is 7. The summed E-state index contributed by atoms with van der Waals surface area (Å²) in [4.78, 5) is 21.7. The minimum Gasteiger partial charge on any atom is -0.379 e. The first-order valence-electron chi connectivity index (χ1n) is 8.72. The molecule has 3 heterocycles. The molecule has 8 heteroatoms. The second-order valence-corrected chi connectivity index (χ2v) is 7.44. The fraction of sp³-hybridized carbons (Fsp3) is 0.389. The lowest BCUT2D eigenvalue weighted by Gasteiger charge is -2.06. The average molecular weight is 371 g/mol. The molecule has 2 N–H and O–H groups in total. The van der Waals surface area contributed by atoms with E-state index >= 15 is 0 Å². The van der Waals surface area contributed by atoms with Crippen LogP contribution in [0.15, 0.2) is 30.7 Å². The average Bonchev–Trinajstić information content (AvgIpc) is 3.20. The van der Waals surface area contributed by atoms with E-state index in [0.29, 0.717) is 18.3 Å². The van der Waals surface area contributed by atoms with Crippen LogP contribution in [0.1, 0.15) is 18.5 Å². The van der Waals surface area contributed by atoms with Gasteiger partial charge in [0.25, 0.3) is 0 Å². The predicted molar refractivity (Wildman–Crippen MR) is 102 cm³/mol. The van der Waals surface area contributed by atoms with Gasteiger partial charge in [-0.1, -0.05) is 11.3 Å². The standard InChI is InChI=1S/C18H21N5O2S/c1-12-16(14-4-5-15-19-6-8-23(15)10-14)26-18(21-12)22-17(24)20-7-9-25-11-13-2-3-13/h4-6,8,10,13H,2-3,7,9,11H2,1H3,(H2,20,21,22,24). The summed E-state index contributed by atoms with van der Waals surface area (Å²) < 4.78 is 7.47. The van der Waals surface area contributed by atoms with Crippen LogP contribution in [0.3, 0.4) is 0 Å². The van der Waals surface area contributed by atoms with Gasteiger partial charge in [-0.3, -0.25) is 5.32 Å². The molecule has 0 saturated heterocycles. The highest BCUT2D eigenvalue weighted by molar-refractivity contribution is 7.19. The van der Waals surface area contributed by atoms with Crippen LogP contribution in [0.2, 0.25) is 0 Å². The second kappa shape index (κ2) is 7.43. The number of urea groups is 1. The van der Waals surface area contributed by atoms with E-state index < -0.39 is 0 Å². The fourth-order valence-corrected chi connectivity index (χ4v) is 3.64. The largest absolute Gasteiger partial charge is 0.379 e. The van der Waals surface area contributed by atoms with E-state index in [0.717, 1.165) is 34.3 Å².